The van der Waals surface area contributed by atoms with Gasteiger partial charge >= 0.3 is 0 Å². The monoisotopic (exact) mass is 589 g/mol. The molecule has 2 aliphatic rings. The fourth-order valence-electron chi connectivity index (χ4n) is 6.00. The van der Waals surface area contributed by atoms with E-state index in [0.29, 0.717) is 29.4 Å². The van der Waals surface area contributed by atoms with Crippen LogP contribution in [0.15, 0.2) is 40.1 Å². The maximum Gasteiger partial charge on any atom is 0.167 e. The summed E-state index contributed by atoms with van der Waals surface area (Å²) in [6.45, 7) is 6.98. The van der Waals surface area contributed by atoms with Gasteiger partial charge in [-0.15, -0.1) is 11.8 Å². The Hall–Kier alpha value is -2.10. The van der Waals surface area contributed by atoms with Crippen LogP contribution in [0.4, 0.5) is 15.8 Å². The molecule has 1 heterocycles. The first-order valence-electron chi connectivity index (χ1n) is 14.4. The SMILES string of the molecule is CCCCC1(CCCC)CN(c2ccc(OC)c(F)c2)c2cc(SC)c(CNC3(C(C)=O)CC3)cc2S(=N)(=O)C1. The van der Waals surface area contributed by atoms with Gasteiger partial charge in [0, 0.05) is 40.9 Å². The van der Waals surface area contributed by atoms with Gasteiger partial charge in [0.1, 0.15) is 5.78 Å². The number of nitrogens with one attached hydrogen (secondary N) is 2. The summed E-state index contributed by atoms with van der Waals surface area (Å²) >= 11 is 1.59. The summed E-state index contributed by atoms with van der Waals surface area (Å²) in [4.78, 5) is 15.8. The lowest BCUT2D eigenvalue weighted by Gasteiger charge is -2.37. The standard InChI is InChI=1S/C31H44FN3O3S2/c1-6-8-12-30(13-9-7-2)20-35(24-10-11-27(38-4)25(32)17-24)26-18-28(39-5)23(16-29(26)40(33,37)21-30)19-34-31(14-15-31)22(3)36/h10-11,16-18,33-34H,6-9,12-15,19-21H2,1-5H3. The number of Topliss-reactive ketones (excluding diaryl/α,β-unsaturated/α-hetero) is 1. The Morgan fingerprint density at radius 1 is 1.18 bits per heavy atom. The number of fused-ring (bicyclic) bond motifs is 1. The van der Waals surface area contributed by atoms with E-state index in [-0.39, 0.29) is 22.7 Å². The third kappa shape index (κ3) is 6.36. The van der Waals surface area contributed by atoms with Gasteiger partial charge in [-0.05, 0) is 68.7 Å². The van der Waals surface area contributed by atoms with Crippen molar-refractivity contribution in [2.24, 2.45) is 5.41 Å². The molecule has 2 aromatic rings. The van der Waals surface area contributed by atoms with Crippen LogP contribution in [0.2, 0.25) is 0 Å². The second kappa shape index (κ2) is 12.4. The van der Waals surface area contributed by atoms with E-state index in [0.717, 1.165) is 61.8 Å². The molecule has 0 saturated heterocycles. The van der Waals surface area contributed by atoms with Crippen LogP contribution >= 0.6 is 11.8 Å². The number of thioether (sulfide) groups is 1. The summed E-state index contributed by atoms with van der Waals surface area (Å²) in [5.74, 6) is 0.152. The maximum atomic E-state index is 15.0. The molecule has 40 heavy (non-hydrogen) atoms. The minimum Gasteiger partial charge on any atom is -0.494 e. The molecule has 220 valence electrons. The van der Waals surface area contributed by atoms with Crippen molar-refractivity contribution in [3.63, 3.8) is 0 Å². The average Bonchev–Trinajstić information content (AvgIpc) is 3.74. The minimum absolute atomic E-state index is 0.140. The summed E-state index contributed by atoms with van der Waals surface area (Å²) in [6.07, 6.45) is 9.39. The highest BCUT2D eigenvalue weighted by Gasteiger charge is 2.47. The first-order valence-corrected chi connectivity index (χ1v) is 17.3. The van der Waals surface area contributed by atoms with Gasteiger partial charge in [-0.1, -0.05) is 39.5 Å². The Balaban J connectivity index is 1.88. The number of nitrogens with zero attached hydrogens (tertiary/aromatic N) is 1. The zero-order valence-corrected chi connectivity index (χ0v) is 26.2. The number of ketones is 1. The minimum atomic E-state index is -3.18. The van der Waals surface area contributed by atoms with E-state index < -0.39 is 21.1 Å². The van der Waals surface area contributed by atoms with E-state index in [1.165, 1.54) is 13.2 Å². The summed E-state index contributed by atoms with van der Waals surface area (Å²) in [7, 11) is -1.73. The van der Waals surface area contributed by atoms with Crippen LogP contribution in [-0.2, 0) is 21.1 Å². The van der Waals surface area contributed by atoms with E-state index in [9.17, 15) is 13.8 Å². The molecule has 9 heteroatoms. The van der Waals surface area contributed by atoms with Gasteiger partial charge in [0.2, 0.25) is 0 Å². The molecule has 6 nitrogen and oxygen atoms in total. The Morgan fingerprint density at radius 2 is 1.85 bits per heavy atom. The number of halogens is 1. The molecule has 1 aliphatic carbocycles. The average molecular weight is 590 g/mol. The van der Waals surface area contributed by atoms with E-state index in [1.54, 1.807) is 24.8 Å². The number of benzene rings is 2. The topological polar surface area (TPSA) is 82.5 Å². The normalized spacial score (nSPS) is 21.0. The first kappa shape index (κ1) is 30.8. The number of hydrogen-bond donors (Lipinski definition) is 2. The van der Waals surface area contributed by atoms with E-state index in [4.69, 9.17) is 4.74 Å². The Kier molecular flexibility index (Phi) is 9.57. The molecule has 1 atom stereocenters. The number of ether oxygens (including phenoxy) is 1. The highest BCUT2D eigenvalue weighted by molar-refractivity contribution is 7.98. The van der Waals surface area contributed by atoms with E-state index >= 15 is 4.39 Å². The molecule has 0 bridgehead atoms. The fraction of sp³-hybridized carbons (Fsp3) is 0.581. The Labute approximate surface area is 243 Å². The van der Waals surface area contributed by atoms with Crippen LogP contribution in [0.5, 0.6) is 5.75 Å². The summed E-state index contributed by atoms with van der Waals surface area (Å²) < 4.78 is 44.0. The molecule has 2 aromatic carbocycles. The smallest absolute Gasteiger partial charge is 0.167 e. The third-order valence-corrected chi connectivity index (χ3v) is 11.5. The zero-order valence-electron chi connectivity index (χ0n) is 24.5. The number of methoxy groups -OCH3 is 1. The lowest BCUT2D eigenvalue weighted by Crippen LogP contribution is -2.38. The van der Waals surface area contributed by atoms with Crippen molar-refractivity contribution in [2.75, 3.05) is 30.6 Å². The molecular formula is C31H44FN3O3S2. The molecule has 1 fully saturated rings. The van der Waals surface area contributed by atoms with Crippen molar-refractivity contribution in [3.8, 4) is 5.75 Å². The molecule has 1 saturated carbocycles. The molecular weight excluding hydrogens is 545 g/mol. The Bertz CT molecular complexity index is 1330. The molecule has 1 unspecified atom stereocenters. The van der Waals surface area contributed by atoms with Gasteiger partial charge in [0.15, 0.2) is 11.6 Å². The lowest BCUT2D eigenvalue weighted by molar-refractivity contribution is -0.120. The molecule has 2 N–H and O–H groups in total. The number of hydrogen-bond acceptors (Lipinski definition) is 7. The zero-order chi connectivity index (χ0) is 29.1. The van der Waals surface area contributed by atoms with Crippen molar-refractivity contribution in [1.82, 2.24) is 5.32 Å². The van der Waals surface area contributed by atoms with Crippen molar-refractivity contribution in [2.45, 2.75) is 94.0 Å². The van der Waals surface area contributed by atoms with Gasteiger partial charge in [-0.25, -0.2) is 13.4 Å². The largest absolute Gasteiger partial charge is 0.494 e. The van der Waals surface area contributed by atoms with Crippen LogP contribution in [0.3, 0.4) is 0 Å². The van der Waals surface area contributed by atoms with Crippen molar-refractivity contribution in [3.05, 3.63) is 41.7 Å². The van der Waals surface area contributed by atoms with Gasteiger partial charge in [0.05, 0.1) is 33.0 Å². The first-order chi connectivity index (χ1) is 19.0. The summed E-state index contributed by atoms with van der Waals surface area (Å²) in [6, 6.07) is 8.92. The molecule has 4 rings (SSSR count). The second-order valence-electron chi connectivity index (χ2n) is 11.6. The van der Waals surface area contributed by atoms with E-state index in [1.807, 2.05) is 24.5 Å². The summed E-state index contributed by atoms with van der Waals surface area (Å²) in [5.41, 5.74) is 1.51. The van der Waals surface area contributed by atoms with Gasteiger partial charge in [-0.2, -0.15) is 0 Å². The number of rotatable bonds is 13. The lowest BCUT2D eigenvalue weighted by atomic mass is 9.79. The quantitative estimate of drug-likeness (QED) is 0.233. The number of carbonyl (C=O) groups is 1. The van der Waals surface area contributed by atoms with Crippen LogP contribution < -0.4 is 15.0 Å². The third-order valence-electron chi connectivity index (χ3n) is 8.62. The molecule has 0 amide bonds. The van der Waals surface area contributed by atoms with E-state index in [2.05, 4.69) is 24.1 Å². The van der Waals surface area contributed by atoms with Crippen LogP contribution in [0, 0.1) is 16.0 Å². The van der Waals surface area contributed by atoms with Crippen LogP contribution in [0.1, 0.15) is 77.7 Å². The van der Waals surface area contributed by atoms with Gasteiger partial charge < -0.3 is 15.0 Å². The van der Waals surface area contributed by atoms with Crippen molar-refractivity contribution < 1.29 is 18.1 Å². The van der Waals surface area contributed by atoms with Crippen LogP contribution in [0.25, 0.3) is 0 Å². The number of unbranched alkanes of at least 4 members (excludes halogenated alkanes) is 2. The van der Waals surface area contributed by atoms with Crippen LogP contribution in [-0.4, -0.2) is 41.2 Å². The fourth-order valence-corrected chi connectivity index (χ4v) is 8.86. The maximum absolute atomic E-state index is 15.0. The predicted molar refractivity (Wildman–Crippen MR) is 163 cm³/mol. The second-order valence-corrected chi connectivity index (χ2v) is 14.5. The van der Waals surface area contributed by atoms with Crippen molar-refractivity contribution >= 4 is 38.6 Å². The molecule has 0 radical (unpaired) electrons. The van der Waals surface area contributed by atoms with Gasteiger partial charge in [-0.3, -0.25) is 4.79 Å². The number of carbonyl (C=O) groups excluding carboxylic acids is 1. The predicted octanol–water partition coefficient (Wildman–Crippen LogP) is 7.69. The summed E-state index contributed by atoms with van der Waals surface area (Å²) in [5, 5.41) is 3.45. The highest BCUT2D eigenvalue weighted by Crippen LogP contribution is 2.47. The number of anilines is 2. The molecule has 1 aliphatic heterocycles. The molecule has 0 spiro atoms. The Morgan fingerprint density at radius 3 is 2.38 bits per heavy atom. The highest BCUT2D eigenvalue weighted by atomic mass is 32.2. The van der Waals surface area contributed by atoms with Crippen molar-refractivity contribution in [1.29, 1.82) is 4.78 Å². The molecule has 0 aromatic heterocycles. The van der Waals surface area contributed by atoms with Gasteiger partial charge in [0.25, 0.3) is 0 Å².